The van der Waals surface area contributed by atoms with E-state index in [-0.39, 0.29) is 22.8 Å². The molecule has 3 aromatic rings. The fraction of sp³-hybridized carbons (Fsp3) is 0.259. The van der Waals surface area contributed by atoms with E-state index in [2.05, 4.69) is 12.1 Å². The van der Waals surface area contributed by atoms with Gasteiger partial charge in [0.05, 0.1) is 5.56 Å². The van der Waals surface area contributed by atoms with Crippen LogP contribution in [0.2, 0.25) is 0 Å². The minimum absolute atomic E-state index is 0.116. The number of carboxylic acid groups (broad SMARTS) is 1. The van der Waals surface area contributed by atoms with Crippen molar-refractivity contribution in [1.82, 2.24) is 4.90 Å². The molecule has 0 aromatic heterocycles. The zero-order valence-corrected chi connectivity index (χ0v) is 20.0. The molecule has 0 atom stereocenters. The number of benzene rings is 3. The number of piperidine rings is 1. The van der Waals surface area contributed by atoms with Gasteiger partial charge in [-0.25, -0.2) is 13.6 Å². The average Bonchev–Trinajstić information content (AvgIpc) is 2.89. The number of nitrogens with two attached hydrogens (primary N) is 1. The van der Waals surface area contributed by atoms with Crippen molar-refractivity contribution in [3.05, 3.63) is 89.0 Å². The van der Waals surface area contributed by atoms with Gasteiger partial charge in [-0.05, 0) is 59.7 Å². The zero-order valence-electron chi connectivity index (χ0n) is 20.0. The Balaban J connectivity index is 0.000000505. The number of aliphatic carboxylic acids is 1. The zero-order chi connectivity index (χ0) is 28.0. The second-order valence-corrected chi connectivity index (χ2v) is 8.67. The number of nitrogens with zero attached hydrogens (tertiary/aromatic N) is 1. The molecule has 4 rings (SSSR count). The van der Waals surface area contributed by atoms with Gasteiger partial charge in [-0.3, -0.25) is 4.79 Å². The Kier molecular flexibility index (Phi) is 9.05. The molecule has 1 heterocycles. The molecule has 0 unspecified atom stereocenters. The van der Waals surface area contributed by atoms with Crippen molar-refractivity contribution in [3.63, 3.8) is 0 Å². The van der Waals surface area contributed by atoms with E-state index >= 15 is 0 Å². The SMILES string of the molecule is NCc1cccc(C2CCN(C(=O)c3cc(-c4ccc(F)cc4F)ccc3O)CC2)c1.O=C(O)C(F)(F)F. The third kappa shape index (κ3) is 7.06. The maximum absolute atomic E-state index is 14.2. The van der Waals surface area contributed by atoms with Gasteiger partial charge in [0.1, 0.15) is 17.4 Å². The van der Waals surface area contributed by atoms with Crippen LogP contribution in [-0.2, 0) is 11.3 Å². The highest BCUT2D eigenvalue weighted by molar-refractivity contribution is 5.98. The summed E-state index contributed by atoms with van der Waals surface area (Å²) < 4.78 is 59.1. The molecule has 1 amide bonds. The van der Waals surface area contributed by atoms with E-state index in [1.807, 2.05) is 12.1 Å². The number of aromatic hydroxyl groups is 1. The fourth-order valence-corrected chi connectivity index (χ4v) is 4.16. The van der Waals surface area contributed by atoms with Crippen LogP contribution >= 0.6 is 0 Å². The third-order valence-electron chi connectivity index (χ3n) is 6.15. The van der Waals surface area contributed by atoms with Gasteiger partial charge in [-0.1, -0.05) is 30.3 Å². The molecule has 0 spiro atoms. The summed E-state index contributed by atoms with van der Waals surface area (Å²) in [7, 11) is 0. The molecular formula is C27H25F5N2O4. The normalized spacial score (nSPS) is 14.0. The monoisotopic (exact) mass is 536 g/mol. The number of halogens is 5. The summed E-state index contributed by atoms with van der Waals surface area (Å²) in [5.74, 6) is -4.25. The van der Waals surface area contributed by atoms with Crippen molar-refractivity contribution in [3.8, 4) is 16.9 Å². The Morgan fingerprint density at radius 1 is 0.974 bits per heavy atom. The minimum atomic E-state index is -5.08. The molecule has 0 aliphatic carbocycles. The summed E-state index contributed by atoms with van der Waals surface area (Å²) in [5, 5.41) is 17.4. The van der Waals surface area contributed by atoms with E-state index in [1.165, 1.54) is 29.8 Å². The topological polar surface area (TPSA) is 104 Å². The highest BCUT2D eigenvalue weighted by Crippen LogP contribution is 2.32. The summed E-state index contributed by atoms with van der Waals surface area (Å²) in [5.41, 5.74) is 8.76. The van der Waals surface area contributed by atoms with E-state index in [9.17, 15) is 31.9 Å². The summed E-state index contributed by atoms with van der Waals surface area (Å²) in [6.07, 6.45) is -3.46. The van der Waals surface area contributed by atoms with Crippen molar-refractivity contribution in [2.24, 2.45) is 5.73 Å². The molecule has 1 saturated heterocycles. The predicted octanol–water partition coefficient (Wildman–Crippen LogP) is 5.45. The van der Waals surface area contributed by atoms with Gasteiger partial charge in [0, 0.05) is 31.3 Å². The first kappa shape index (κ1) is 28.6. The second-order valence-electron chi connectivity index (χ2n) is 8.67. The van der Waals surface area contributed by atoms with E-state index in [1.54, 1.807) is 4.90 Å². The van der Waals surface area contributed by atoms with Gasteiger partial charge < -0.3 is 20.8 Å². The van der Waals surface area contributed by atoms with Crippen LogP contribution in [0.1, 0.15) is 40.2 Å². The van der Waals surface area contributed by atoms with Crippen LogP contribution in [-0.4, -0.2) is 46.3 Å². The molecule has 1 aliphatic heterocycles. The quantitative estimate of drug-likeness (QED) is 0.385. The number of carboxylic acids is 1. The number of hydrogen-bond acceptors (Lipinski definition) is 4. The van der Waals surface area contributed by atoms with E-state index in [4.69, 9.17) is 15.6 Å². The van der Waals surface area contributed by atoms with E-state index in [0.29, 0.717) is 31.1 Å². The van der Waals surface area contributed by atoms with Gasteiger partial charge in [-0.15, -0.1) is 0 Å². The molecule has 1 fully saturated rings. The second kappa shape index (κ2) is 12.0. The first-order valence-corrected chi connectivity index (χ1v) is 11.6. The molecule has 0 bridgehead atoms. The lowest BCUT2D eigenvalue weighted by Crippen LogP contribution is -2.38. The molecule has 11 heteroatoms. The molecule has 202 valence electrons. The number of carbonyl (C=O) groups excluding carboxylic acids is 1. The predicted molar refractivity (Wildman–Crippen MR) is 129 cm³/mol. The molecule has 0 saturated carbocycles. The number of amides is 1. The van der Waals surface area contributed by atoms with Crippen LogP contribution in [0, 0.1) is 11.6 Å². The van der Waals surface area contributed by atoms with Crippen molar-refractivity contribution in [2.75, 3.05) is 13.1 Å². The Morgan fingerprint density at radius 2 is 1.63 bits per heavy atom. The lowest BCUT2D eigenvalue weighted by atomic mass is 9.88. The minimum Gasteiger partial charge on any atom is -0.507 e. The van der Waals surface area contributed by atoms with Gasteiger partial charge in [0.2, 0.25) is 0 Å². The number of rotatable bonds is 4. The maximum atomic E-state index is 14.2. The Bertz CT molecular complexity index is 1300. The van der Waals surface area contributed by atoms with Crippen molar-refractivity contribution < 1.29 is 41.8 Å². The average molecular weight is 536 g/mol. The Morgan fingerprint density at radius 3 is 2.21 bits per heavy atom. The van der Waals surface area contributed by atoms with Gasteiger partial charge in [0.15, 0.2) is 0 Å². The summed E-state index contributed by atoms with van der Waals surface area (Å²) in [6, 6.07) is 15.9. The number of alkyl halides is 3. The van der Waals surface area contributed by atoms with E-state index < -0.39 is 23.8 Å². The molecular weight excluding hydrogens is 511 g/mol. The standard InChI is InChI=1S/C25H24F2N2O2.C2HF3O2/c26-20-5-6-21(23(27)14-20)19-4-7-24(30)22(13-19)25(31)29-10-8-17(9-11-29)18-3-1-2-16(12-18)15-28;3-2(4,5)1(6)7/h1-7,12-14,17,30H,8-11,15,28H2;(H,6,7). The van der Waals surface area contributed by atoms with Crippen molar-refractivity contribution >= 4 is 11.9 Å². The number of carbonyl (C=O) groups is 2. The fourth-order valence-electron chi connectivity index (χ4n) is 4.16. The molecule has 3 aromatic carbocycles. The number of likely N-dealkylation sites (tertiary alicyclic amines) is 1. The smallest absolute Gasteiger partial charge is 0.490 e. The molecule has 1 aliphatic rings. The van der Waals surface area contributed by atoms with Crippen molar-refractivity contribution in [1.29, 1.82) is 0 Å². The summed E-state index contributed by atoms with van der Waals surface area (Å²) >= 11 is 0. The third-order valence-corrected chi connectivity index (χ3v) is 6.15. The van der Waals surface area contributed by atoms with Gasteiger partial charge >= 0.3 is 12.1 Å². The molecule has 0 radical (unpaired) electrons. The van der Waals surface area contributed by atoms with Crippen molar-refractivity contribution in [2.45, 2.75) is 31.5 Å². The van der Waals surface area contributed by atoms with Crippen LogP contribution < -0.4 is 5.73 Å². The van der Waals surface area contributed by atoms with Crippen LogP contribution in [0.3, 0.4) is 0 Å². The largest absolute Gasteiger partial charge is 0.507 e. The maximum Gasteiger partial charge on any atom is 0.490 e. The molecule has 38 heavy (non-hydrogen) atoms. The van der Waals surface area contributed by atoms with Crippen LogP contribution in [0.5, 0.6) is 5.75 Å². The molecule has 4 N–H and O–H groups in total. The number of phenolic OH excluding ortho intramolecular Hbond substituents is 1. The lowest BCUT2D eigenvalue weighted by molar-refractivity contribution is -0.192. The first-order valence-electron chi connectivity index (χ1n) is 11.6. The van der Waals surface area contributed by atoms with Crippen LogP contribution in [0.4, 0.5) is 22.0 Å². The molecule has 6 nitrogen and oxygen atoms in total. The highest BCUT2D eigenvalue weighted by atomic mass is 19.4. The number of phenols is 1. The van der Waals surface area contributed by atoms with Crippen LogP contribution in [0.15, 0.2) is 60.7 Å². The lowest BCUT2D eigenvalue weighted by Gasteiger charge is -2.32. The Labute approximate surface area is 215 Å². The first-order chi connectivity index (χ1) is 17.9. The van der Waals surface area contributed by atoms with Crippen LogP contribution in [0.25, 0.3) is 11.1 Å². The van der Waals surface area contributed by atoms with E-state index in [0.717, 1.165) is 30.5 Å². The van der Waals surface area contributed by atoms with Gasteiger partial charge in [-0.2, -0.15) is 13.2 Å². The van der Waals surface area contributed by atoms with Gasteiger partial charge in [0.25, 0.3) is 5.91 Å². The Hall–Kier alpha value is -3.99. The highest BCUT2D eigenvalue weighted by Gasteiger charge is 2.38. The summed E-state index contributed by atoms with van der Waals surface area (Å²) in [6.45, 7) is 1.62. The summed E-state index contributed by atoms with van der Waals surface area (Å²) in [4.78, 5) is 23.7. The number of hydrogen-bond donors (Lipinski definition) is 3.